The summed E-state index contributed by atoms with van der Waals surface area (Å²) in [6.07, 6.45) is -3.27. The van der Waals surface area contributed by atoms with Crippen LogP contribution in [-0.2, 0) is 6.18 Å². The second-order valence-electron chi connectivity index (χ2n) is 11.3. The molecular weight excluding hydrogens is 465 g/mol. The van der Waals surface area contributed by atoms with Crippen molar-refractivity contribution in [3.8, 4) is 6.01 Å². The van der Waals surface area contributed by atoms with Crippen LogP contribution in [0, 0.1) is 34.5 Å². The van der Waals surface area contributed by atoms with Gasteiger partial charge in [0, 0.05) is 18.3 Å². The van der Waals surface area contributed by atoms with Crippen LogP contribution in [0.4, 0.5) is 13.2 Å². The lowest BCUT2D eigenvalue weighted by Crippen LogP contribution is -2.66. The van der Waals surface area contributed by atoms with E-state index in [0.717, 1.165) is 6.42 Å². The monoisotopic (exact) mass is 496 g/mol. The molecule has 192 valence electrons. The fraction of sp³-hybridized carbons (Fsp3) is 0.680. The lowest BCUT2D eigenvalue weighted by Gasteiger charge is -2.51. The third-order valence-electron chi connectivity index (χ3n) is 9.34. The fourth-order valence-corrected chi connectivity index (χ4v) is 7.41. The average Bonchev–Trinajstić information content (AvgIpc) is 3.29. The Kier molecular flexibility index (Phi) is 5.29. The number of rotatable bonds is 3. The molecule has 2 bridgehead atoms. The van der Waals surface area contributed by atoms with Crippen LogP contribution in [0.15, 0.2) is 35.7 Å². The van der Waals surface area contributed by atoms with Crippen molar-refractivity contribution in [1.82, 2.24) is 9.97 Å². The van der Waals surface area contributed by atoms with Gasteiger partial charge in [0.05, 0.1) is 17.1 Å². The zero-order valence-corrected chi connectivity index (χ0v) is 20.0. The predicted molar refractivity (Wildman–Crippen MR) is 118 cm³/mol. The van der Waals surface area contributed by atoms with Crippen molar-refractivity contribution in [3.05, 3.63) is 41.3 Å². The van der Waals surface area contributed by atoms with E-state index in [4.69, 9.17) is 4.74 Å². The molecule has 0 aliphatic heterocycles. The molecular formula is C25H31F3N2O5. The van der Waals surface area contributed by atoms with Crippen molar-refractivity contribution in [2.75, 3.05) is 6.61 Å². The molecule has 1 heterocycles. The Bertz CT molecular complexity index is 1090. The van der Waals surface area contributed by atoms with Gasteiger partial charge in [-0.1, -0.05) is 32.9 Å². The maximum Gasteiger partial charge on any atom is 0.419 e. The summed E-state index contributed by atoms with van der Waals surface area (Å²) in [7, 11) is 0. The van der Waals surface area contributed by atoms with Gasteiger partial charge in [0.15, 0.2) is 0 Å². The first-order valence-corrected chi connectivity index (χ1v) is 11.9. The molecule has 1 spiro atoms. The summed E-state index contributed by atoms with van der Waals surface area (Å²) >= 11 is 0. The molecule has 7 nitrogen and oxygen atoms in total. The molecule has 1 aromatic rings. The van der Waals surface area contributed by atoms with Crippen LogP contribution in [0.2, 0.25) is 0 Å². The Balaban J connectivity index is 1.53. The van der Waals surface area contributed by atoms with Gasteiger partial charge in [-0.2, -0.15) is 13.2 Å². The van der Waals surface area contributed by atoms with Crippen LogP contribution in [-0.4, -0.2) is 60.9 Å². The molecule has 4 aliphatic carbocycles. The van der Waals surface area contributed by atoms with Gasteiger partial charge >= 0.3 is 12.2 Å². The molecule has 0 aromatic carbocycles. The van der Waals surface area contributed by atoms with E-state index in [1.165, 1.54) is 0 Å². The number of halogens is 3. The first-order chi connectivity index (χ1) is 16.2. The van der Waals surface area contributed by atoms with Crippen LogP contribution in [0.25, 0.3) is 0 Å². The molecule has 1 aromatic heterocycles. The summed E-state index contributed by atoms with van der Waals surface area (Å²) in [6, 6.07) is -0.322. The molecule has 2 fully saturated rings. The number of ether oxygens (including phenoxy) is 1. The van der Waals surface area contributed by atoms with Crippen molar-refractivity contribution in [1.29, 1.82) is 0 Å². The number of alkyl halides is 3. The Morgan fingerprint density at radius 1 is 1.11 bits per heavy atom. The zero-order chi connectivity index (χ0) is 25.7. The topological polar surface area (TPSA) is 116 Å². The molecule has 1 unspecified atom stereocenters. The van der Waals surface area contributed by atoms with Crippen LogP contribution in [0.3, 0.4) is 0 Å². The minimum atomic E-state index is -4.59. The minimum Gasteiger partial charge on any atom is -0.459 e. The third-order valence-corrected chi connectivity index (χ3v) is 9.34. The fourth-order valence-electron chi connectivity index (χ4n) is 7.41. The maximum absolute atomic E-state index is 12.8. The van der Waals surface area contributed by atoms with Crippen molar-refractivity contribution in [2.45, 2.75) is 64.2 Å². The number of aliphatic hydroxyl groups is 4. The van der Waals surface area contributed by atoms with Gasteiger partial charge in [0.2, 0.25) is 0 Å². The molecule has 4 N–H and O–H groups in total. The summed E-state index contributed by atoms with van der Waals surface area (Å²) in [6.45, 7) is 7.55. The molecule has 35 heavy (non-hydrogen) atoms. The van der Waals surface area contributed by atoms with E-state index in [1.807, 2.05) is 6.92 Å². The number of hydrogen-bond acceptors (Lipinski definition) is 7. The summed E-state index contributed by atoms with van der Waals surface area (Å²) in [5, 5.41) is 46.4. The van der Waals surface area contributed by atoms with E-state index in [2.05, 4.69) is 23.8 Å². The highest BCUT2D eigenvalue weighted by Crippen LogP contribution is 2.72. The molecule has 0 amide bonds. The molecule has 0 saturated heterocycles. The standard InChI is InChI=1S/C25H31F3N2O5/c1-11-7-23-12(2)5-16-17(22(16,3)4)15(20(23)33)6-13(19(32)24(23,34)18(11)31)10-35-21-29-8-14(9-30-21)25(26,27)28/h6-9,12,15-20,31-34H,5,10H2,1-4H3/t12-,15+,16-,17+,18+,19-,20?,23+,24-/m1/s1. The Morgan fingerprint density at radius 3 is 2.34 bits per heavy atom. The lowest BCUT2D eigenvalue weighted by atomic mass is 9.58. The molecule has 2 saturated carbocycles. The van der Waals surface area contributed by atoms with E-state index < -0.39 is 47.0 Å². The lowest BCUT2D eigenvalue weighted by molar-refractivity contribution is -0.215. The highest BCUT2D eigenvalue weighted by Gasteiger charge is 2.75. The number of aromatic nitrogens is 2. The summed E-state index contributed by atoms with van der Waals surface area (Å²) in [5.41, 5.74) is -3.77. The normalized spacial score (nSPS) is 43.8. The third kappa shape index (κ3) is 3.19. The summed E-state index contributed by atoms with van der Waals surface area (Å²) in [5.74, 6) is -0.280. The van der Waals surface area contributed by atoms with Crippen molar-refractivity contribution < 1.29 is 38.3 Å². The molecule has 5 rings (SSSR count). The number of nitrogens with zero attached hydrogens (tertiary/aromatic N) is 2. The number of hydrogen-bond donors (Lipinski definition) is 4. The molecule has 9 atom stereocenters. The molecule has 0 radical (unpaired) electrons. The second-order valence-corrected chi connectivity index (χ2v) is 11.3. The SMILES string of the molecule is CC1=C[C@]23C(O)[C@@H](C=C(COc4ncc(C(F)(F)F)cn4)[C@@H](O)[C@]2(O)[C@H]1O)[C@H]1[C@@H](C[C@H]3C)C1(C)C. The van der Waals surface area contributed by atoms with Gasteiger partial charge in [-0.05, 0) is 47.7 Å². The average molecular weight is 497 g/mol. The minimum absolute atomic E-state index is 0.0517. The Morgan fingerprint density at radius 2 is 1.74 bits per heavy atom. The quantitative estimate of drug-likeness (QED) is 0.475. The molecule has 10 heteroatoms. The van der Waals surface area contributed by atoms with E-state index >= 15 is 0 Å². The van der Waals surface area contributed by atoms with Gasteiger partial charge < -0.3 is 25.2 Å². The van der Waals surface area contributed by atoms with Gasteiger partial charge in [-0.15, -0.1) is 0 Å². The summed E-state index contributed by atoms with van der Waals surface area (Å²) < 4.78 is 44.0. The first kappa shape index (κ1) is 24.7. The van der Waals surface area contributed by atoms with Crippen molar-refractivity contribution in [2.24, 2.45) is 34.5 Å². The van der Waals surface area contributed by atoms with E-state index in [9.17, 15) is 33.6 Å². The van der Waals surface area contributed by atoms with Gasteiger partial charge in [-0.3, -0.25) is 0 Å². The predicted octanol–water partition coefficient (Wildman–Crippen LogP) is 2.50. The highest BCUT2D eigenvalue weighted by atomic mass is 19.4. The van der Waals surface area contributed by atoms with E-state index in [1.54, 1.807) is 19.1 Å². The van der Waals surface area contributed by atoms with Crippen LogP contribution in [0.5, 0.6) is 6.01 Å². The maximum atomic E-state index is 12.8. The van der Waals surface area contributed by atoms with Crippen molar-refractivity contribution in [3.63, 3.8) is 0 Å². The zero-order valence-electron chi connectivity index (χ0n) is 20.0. The smallest absolute Gasteiger partial charge is 0.419 e. The van der Waals surface area contributed by atoms with Gasteiger partial charge in [-0.25, -0.2) is 9.97 Å². The van der Waals surface area contributed by atoms with E-state index in [0.29, 0.717) is 23.9 Å². The van der Waals surface area contributed by atoms with Crippen LogP contribution >= 0.6 is 0 Å². The largest absolute Gasteiger partial charge is 0.459 e. The Labute approximate surface area is 201 Å². The first-order valence-electron chi connectivity index (χ1n) is 11.9. The van der Waals surface area contributed by atoms with Crippen LogP contribution < -0.4 is 4.74 Å². The number of fused-ring (bicyclic) bond motifs is 3. The highest BCUT2D eigenvalue weighted by molar-refractivity contribution is 5.43. The summed E-state index contributed by atoms with van der Waals surface area (Å²) in [4.78, 5) is 7.22. The second kappa shape index (κ2) is 7.50. The molecule has 4 aliphatic rings. The van der Waals surface area contributed by atoms with Crippen molar-refractivity contribution >= 4 is 0 Å². The van der Waals surface area contributed by atoms with E-state index in [-0.39, 0.29) is 35.4 Å². The number of aliphatic hydroxyl groups excluding tert-OH is 3. The Hall–Kier alpha value is -2.01. The van der Waals surface area contributed by atoms with Crippen LogP contribution in [0.1, 0.15) is 39.7 Å². The van der Waals surface area contributed by atoms with Gasteiger partial charge in [0.25, 0.3) is 0 Å². The van der Waals surface area contributed by atoms with Gasteiger partial charge in [0.1, 0.15) is 24.4 Å².